The van der Waals surface area contributed by atoms with Crippen LogP contribution < -0.4 is 4.90 Å². The van der Waals surface area contributed by atoms with E-state index in [9.17, 15) is 8.42 Å². The van der Waals surface area contributed by atoms with E-state index in [1.807, 2.05) is 24.3 Å². The second-order valence-corrected chi connectivity index (χ2v) is 8.44. The number of hydrogen-bond donors (Lipinski definition) is 0. The zero-order valence-electron chi connectivity index (χ0n) is 13.4. The number of nitrogens with zero attached hydrogens (tertiary/aromatic N) is 4. The van der Waals surface area contributed by atoms with E-state index >= 15 is 0 Å². The smallest absolute Gasteiger partial charge is 0.240 e. The third-order valence-electron chi connectivity index (χ3n) is 3.83. The maximum absolute atomic E-state index is 11.2. The molecule has 0 spiro atoms. The molecular formula is C15H19ClN4O3S. The summed E-state index contributed by atoms with van der Waals surface area (Å²) in [5.74, 6) is 0.457. The number of hydrogen-bond acceptors (Lipinski definition) is 7. The summed E-state index contributed by atoms with van der Waals surface area (Å²) in [6.07, 6.45) is 1.15. The fraction of sp³-hybridized carbons (Fsp3) is 0.467. The summed E-state index contributed by atoms with van der Waals surface area (Å²) in [5.41, 5.74) is 1.05. The van der Waals surface area contributed by atoms with Crippen molar-refractivity contribution < 1.29 is 12.9 Å². The third-order valence-corrected chi connectivity index (χ3v) is 4.93. The van der Waals surface area contributed by atoms with Crippen molar-refractivity contribution in [2.24, 2.45) is 0 Å². The van der Waals surface area contributed by atoms with Gasteiger partial charge in [0.15, 0.2) is 15.7 Å². The summed E-state index contributed by atoms with van der Waals surface area (Å²) in [6, 6.07) is 7.82. The molecule has 1 fully saturated rings. The van der Waals surface area contributed by atoms with Crippen molar-refractivity contribution in [3.05, 3.63) is 41.0 Å². The Morgan fingerprint density at radius 2 is 1.92 bits per heavy atom. The van der Waals surface area contributed by atoms with Gasteiger partial charge in [0.1, 0.15) is 5.75 Å². The number of benzene rings is 1. The molecule has 24 heavy (non-hydrogen) atoms. The molecule has 0 unspecified atom stereocenters. The normalized spacial score (nSPS) is 16.5. The van der Waals surface area contributed by atoms with Gasteiger partial charge < -0.3 is 9.42 Å². The lowest BCUT2D eigenvalue weighted by atomic mass is 10.2. The Bertz CT molecular complexity index is 801. The number of sulfone groups is 1. The van der Waals surface area contributed by atoms with E-state index in [0.29, 0.717) is 12.4 Å². The highest BCUT2D eigenvalue weighted by atomic mass is 35.5. The number of anilines is 1. The molecule has 1 aliphatic rings. The molecule has 130 valence electrons. The van der Waals surface area contributed by atoms with Gasteiger partial charge in [0.2, 0.25) is 5.89 Å². The van der Waals surface area contributed by atoms with Crippen LogP contribution in [-0.4, -0.2) is 55.9 Å². The topological polar surface area (TPSA) is 79.5 Å². The standard InChI is InChI=1S/C15H19ClN4O3S/c1-24(21,22)11-14-17-15(23-18-14)10-19-6-8-20(9-7-19)13-5-3-2-4-12(13)16/h2-5H,6-11H2,1H3. The van der Waals surface area contributed by atoms with Crippen LogP contribution in [0.15, 0.2) is 28.8 Å². The maximum Gasteiger partial charge on any atom is 0.240 e. The Balaban J connectivity index is 1.55. The summed E-state index contributed by atoms with van der Waals surface area (Å²) in [4.78, 5) is 8.60. The van der Waals surface area contributed by atoms with Gasteiger partial charge in [-0.25, -0.2) is 8.42 Å². The Morgan fingerprint density at radius 3 is 2.58 bits per heavy atom. The molecule has 0 amide bonds. The molecule has 0 aliphatic carbocycles. The number of piperazine rings is 1. The summed E-state index contributed by atoms with van der Waals surface area (Å²) in [5, 5.41) is 4.48. The van der Waals surface area contributed by atoms with Crippen molar-refractivity contribution in [2.75, 3.05) is 37.3 Å². The lowest BCUT2D eigenvalue weighted by Gasteiger charge is -2.35. The molecule has 2 aromatic rings. The van der Waals surface area contributed by atoms with Crippen molar-refractivity contribution in [1.29, 1.82) is 0 Å². The first kappa shape index (κ1) is 17.2. The molecule has 1 aromatic heterocycles. The molecular weight excluding hydrogens is 352 g/mol. The second-order valence-electron chi connectivity index (χ2n) is 5.89. The van der Waals surface area contributed by atoms with Gasteiger partial charge in [0.25, 0.3) is 0 Å². The van der Waals surface area contributed by atoms with Gasteiger partial charge >= 0.3 is 0 Å². The van der Waals surface area contributed by atoms with Crippen LogP contribution in [-0.2, 0) is 22.1 Å². The van der Waals surface area contributed by atoms with E-state index in [4.69, 9.17) is 16.1 Å². The van der Waals surface area contributed by atoms with Crippen LogP contribution in [0.5, 0.6) is 0 Å². The Morgan fingerprint density at radius 1 is 1.21 bits per heavy atom. The van der Waals surface area contributed by atoms with Gasteiger partial charge in [-0.2, -0.15) is 4.98 Å². The van der Waals surface area contributed by atoms with E-state index < -0.39 is 9.84 Å². The van der Waals surface area contributed by atoms with Gasteiger partial charge in [-0.05, 0) is 12.1 Å². The molecule has 0 saturated carbocycles. The molecule has 0 radical (unpaired) electrons. The van der Waals surface area contributed by atoms with Crippen LogP contribution in [0.1, 0.15) is 11.7 Å². The number of para-hydroxylation sites is 1. The van der Waals surface area contributed by atoms with Crippen molar-refractivity contribution in [3.63, 3.8) is 0 Å². The summed E-state index contributed by atoms with van der Waals surface area (Å²) >= 11 is 6.24. The van der Waals surface area contributed by atoms with E-state index in [-0.39, 0.29) is 11.6 Å². The Labute approximate surface area is 146 Å². The lowest BCUT2D eigenvalue weighted by molar-refractivity contribution is 0.215. The van der Waals surface area contributed by atoms with Crippen LogP contribution in [0.4, 0.5) is 5.69 Å². The largest absolute Gasteiger partial charge is 0.368 e. The van der Waals surface area contributed by atoms with Gasteiger partial charge in [-0.3, -0.25) is 4.90 Å². The van der Waals surface area contributed by atoms with Gasteiger partial charge in [-0.15, -0.1) is 0 Å². The summed E-state index contributed by atoms with van der Waals surface area (Å²) < 4.78 is 27.6. The molecule has 3 rings (SSSR count). The molecule has 1 aromatic carbocycles. The highest BCUT2D eigenvalue weighted by molar-refractivity contribution is 7.89. The highest BCUT2D eigenvalue weighted by Gasteiger charge is 2.21. The van der Waals surface area contributed by atoms with Crippen molar-refractivity contribution in [2.45, 2.75) is 12.3 Å². The van der Waals surface area contributed by atoms with Crippen LogP contribution in [0, 0.1) is 0 Å². The van der Waals surface area contributed by atoms with Crippen LogP contribution in [0.2, 0.25) is 5.02 Å². The fourth-order valence-corrected chi connectivity index (χ4v) is 3.54. The van der Waals surface area contributed by atoms with E-state index in [2.05, 4.69) is 19.9 Å². The molecule has 7 nitrogen and oxygen atoms in total. The SMILES string of the molecule is CS(=O)(=O)Cc1noc(CN2CCN(c3ccccc3Cl)CC2)n1. The average Bonchev–Trinajstić information content (AvgIpc) is 2.94. The minimum atomic E-state index is -3.16. The van der Waals surface area contributed by atoms with Crippen molar-refractivity contribution >= 4 is 27.1 Å². The highest BCUT2D eigenvalue weighted by Crippen LogP contribution is 2.26. The van der Waals surface area contributed by atoms with E-state index in [1.165, 1.54) is 0 Å². The molecule has 2 heterocycles. The van der Waals surface area contributed by atoms with Gasteiger partial charge in [0, 0.05) is 32.4 Å². The maximum atomic E-state index is 11.2. The monoisotopic (exact) mass is 370 g/mol. The number of aromatic nitrogens is 2. The first-order valence-corrected chi connectivity index (χ1v) is 10.1. The predicted molar refractivity (Wildman–Crippen MR) is 91.8 cm³/mol. The molecule has 0 bridgehead atoms. The predicted octanol–water partition coefficient (Wildman–Crippen LogP) is 1.59. The molecule has 1 aliphatic heterocycles. The number of rotatable bonds is 5. The summed E-state index contributed by atoms with van der Waals surface area (Å²) in [6.45, 7) is 3.92. The second kappa shape index (κ2) is 7.08. The van der Waals surface area contributed by atoms with E-state index in [0.717, 1.165) is 43.1 Å². The van der Waals surface area contributed by atoms with Crippen LogP contribution in [0.3, 0.4) is 0 Å². The minimum absolute atomic E-state index is 0.198. The minimum Gasteiger partial charge on any atom is -0.368 e. The van der Waals surface area contributed by atoms with Crippen molar-refractivity contribution in [3.8, 4) is 0 Å². The van der Waals surface area contributed by atoms with Gasteiger partial charge in [0.05, 0.1) is 17.3 Å². The summed E-state index contributed by atoms with van der Waals surface area (Å²) in [7, 11) is -3.16. The molecule has 0 atom stereocenters. The Kier molecular flexibility index (Phi) is 5.07. The fourth-order valence-electron chi connectivity index (χ4n) is 2.69. The van der Waals surface area contributed by atoms with Crippen molar-refractivity contribution in [1.82, 2.24) is 15.0 Å². The zero-order valence-corrected chi connectivity index (χ0v) is 14.9. The average molecular weight is 371 g/mol. The van der Waals surface area contributed by atoms with Crippen LogP contribution in [0.25, 0.3) is 0 Å². The van der Waals surface area contributed by atoms with Crippen LogP contribution >= 0.6 is 11.6 Å². The Hall–Kier alpha value is -1.64. The first-order valence-electron chi connectivity index (χ1n) is 7.62. The van der Waals surface area contributed by atoms with Gasteiger partial charge in [-0.1, -0.05) is 28.9 Å². The first-order chi connectivity index (χ1) is 11.4. The molecule has 0 N–H and O–H groups in total. The molecule has 9 heteroatoms. The molecule has 1 saturated heterocycles. The third kappa shape index (κ3) is 4.46. The quantitative estimate of drug-likeness (QED) is 0.790. The number of halogens is 1. The van der Waals surface area contributed by atoms with E-state index in [1.54, 1.807) is 0 Å². The zero-order chi connectivity index (χ0) is 17.2. The lowest BCUT2D eigenvalue weighted by Crippen LogP contribution is -2.46.